The molecule has 5 nitrogen and oxygen atoms in total. The Morgan fingerprint density at radius 1 is 1.21 bits per heavy atom. The summed E-state index contributed by atoms with van der Waals surface area (Å²) in [5, 5.41) is 6.49. The quantitative estimate of drug-likeness (QED) is 0.659. The smallest absolute Gasteiger partial charge is 0.223 e. The molecule has 4 N–H and O–H groups in total. The summed E-state index contributed by atoms with van der Waals surface area (Å²) in [7, 11) is 0. The summed E-state index contributed by atoms with van der Waals surface area (Å²) in [6.45, 7) is 3.82. The zero-order chi connectivity index (χ0) is 13.5. The van der Waals surface area contributed by atoms with Gasteiger partial charge in [0, 0.05) is 19.2 Å². The van der Waals surface area contributed by atoms with Gasteiger partial charge in [0.2, 0.25) is 5.95 Å². The van der Waals surface area contributed by atoms with E-state index in [1.165, 1.54) is 38.5 Å². The Bertz CT molecular complexity index is 387. The second kappa shape index (κ2) is 7.16. The highest BCUT2D eigenvalue weighted by atomic mass is 15.1. The monoisotopic (exact) mass is 263 g/mol. The Kier molecular flexibility index (Phi) is 5.24. The van der Waals surface area contributed by atoms with Gasteiger partial charge in [-0.25, -0.2) is 0 Å². The molecule has 1 saturated carbocycles. The predicted octanol–water partition coefficient (Wildman–Crippen LogP) is 2.87. The van der Waals surface area contributed by atoms with Gasteiger partial charge >= 0.3 is 0 Å². The van der Waals surface area contributed by atoms with E-state index in [1.807, 2.05) is 13.0 Å². The number of nitrogens with two attached hydrogens (primary N) is 1. The fourth-order valence-corrected chi connectivity index (χ4v) is 2.73. The number of nitrogen functional groups attached to an aromatic ring is 1. The topological polar surface area (TPSA) is 75.9 Å². The van der Waals surface area contributed by atoms with Crippen LogP contribution in [0.5, 0.6) is 0 Å². The van der Waals surface area contributed by atoms with Gasteiger partial charge in [0.25, 0.3) is 0 Å². The van der Waals surface area contributed by atoms with Crippen molar-refractivity contribution < 1.29 is 0 Å². The van der Waals surface area contributed by atoms with Gasteiger partial charge in [-0.3, -0.25) is 0 Å². The van der Waals surface area contributed by atoms with Gasteiger partial charge in [0.15, 0.2) is 0 Å². The first kappa shape index (κ1) is 13.9. The minimum Gasteiger partial charge on any atom is -0.370 e. The summed E-state index contributed by atoms with van der Waals surface area (Å²) in [6.07, 6.45) is 8.22. The molecular weight excluding hydrogens is 238 g/mol. The lowest BCUT2D eigenvalue weighted by Crippen LogP contribution is -2.09. The number of nitrogens with one attached hydrogen (secondary N) is 2. The Labute approximate surface area is 115 Å². The fraction of sp³-hybridized carbons (Fsp3) is 0.714. The molecule has 0 saturated heterocycles. The maximum atomic E-state index is 5.69. The number of hydrogen-bond acceptors (Lipinski definition) is 5. The highest BCUT2D eigenvalue weighted by Crippen LogP contribution is 2.28. The number of rotatable bonds is 7. The van der Waals surface area contributed by atoms with E-state index in [2.05, 4.69) is 20.6 Å². The first-order chi connectivity index (χ1) is 9.28. The van der Waals surface area contributed by atoms with Gasteiger partial charge in [-0.05, 0) is 25.7 Å². The Morgan fingerprint density at radius 2 is 1.89 bits per heavy atom. The molecule has 19 heavy (non-hydrogen) atoms. The molecule has 0 amide bonds. The Balaban J connectivity index is 1.75. The predicted molar refractivity (Wildman–Crippen MR) is 80.3 cm³/mol. The van der Waals surface area contributed by atoms with Crippen LogP contribution in [0.25, 0.3) is 0 Å². The van der Waals surface area contributed by atoms with E-state index in [0.717, 1.165) is 30.6 Å². The normalized spacial score (nSPS) is 15.6. The molecule has 1 aliphatic carbocycles. The highest BCUT2D eigenvalue weighted by Gasteiger charge is 2.13. The molecular formula is C14H25N5. The van der Waals surface area contributed by atoms with Gasteiger partial charge < -0.3 is 16.4 Å². The SMILES string of the molecule is CCNc1cc(NCCCC2CCCC2)nc(N)n1. The molecule has 2 rings (SSSR count). The highest BCUT2D eigenvalue weighted by molar-refractivity contribution is 5.50. The second-order valence-corrected chi connectivity index (χ2v) is 5.25. The summed E-state index contributed by atoms with van der Waals surface area (Å²) < 4.78 is 0. The van der Waals surface area contributed by atoms with E-state index in [0.29, 0.717) is 5.95 Å². The van der Waals surface area contributed by atoms with Crippen LogP contribution in [-0.4, -0.2) is 23.1 Å². The van der Waals surface area contributed by atoms with E-state index >= 15 is 0 Å². The summed E-state index contributed by atoms with van der Waals surface area (Å²) >= 11 is 0. The molecule has 0 bridgehead atoms. The lowest BCUT2D eigenvalue weighted by atomic mass is 10.0. The number of anilines is 3. The van der Waals surface area contributed by atoms with Gasteiger partial charge in [-0.2, -0.15) is 9.97 Å². The van der Waals surface area contributed by atoms with Gasteiger partial charge in [-0.1, -0.05) is 25.7 Å². The molecule has 0 aliphatic heterocycles. The van der Waals surface area contributed by atoms with Crippen LogP contribution in [0.3, 0.4) is 0 Å². The van der Waals surface area contributed by atoms with Crippen LogP contribution in [0.1, 0.15) is 45.4 Å². The van der Waals surface area contributed by atoms with Crippen LogP contribution >= 0.6 is 0 Å². The van der Waals surface area contributed by atoms with Crippen LogP contribution in [0, 0.1) is 5.92 Å². The molecule has 1 fully saturated rings. The van der Waals surface area contributed by atoms with Crippen LogP contribution in [0.15, 0.2) is 6.07 Å². The molecule has 0 aromatic carbocycles. The summed E-state index contributed by atoms with van der Waals surface area (Å²) in [5.41, 5.74) is 5.69. The van der Waals surface area contributed by atoms with E-state index in [-0.39, 0.29) is 0 Å². The van der Waals surface area contributed by atoms with Crippen molar-refractivity contribution in [3.05, 3.63) is 6.07 Å². The summed E-state index contributed by atoms with van der Waals surface area (Å²) in [6, 6.07) is 1.91. The van der Waals surface area contributed by atoms with Crippen molar-refractivity contribution in [1.29, 1.82) is 0 Å². The molecule has 1 aliphatic rings. The van der Waals surface area contributed by atoms with E-state index in [4.69, 9.17) is 5.73 Å². The molecule has 0 atom stereocenters. The maximum Gasteiger partial charge on any atom is 0.223 e. The van der Waals surface area contributed by atoms with Crippen molar-refractivity contribution in [3.63, 3.8) is 0 Å². The van der Waals surface area contributed by atoms with Crippen molar-refractivity contribution in [2.45, 2.75) is 45.4 Å². The van der Waals surface area contributed by atoms with Crippen LogP contribution in [-0.2, 0) is 0 Å². The minimum atomic E-state index is 0.316. The van der Waals surface area contributed by atoms with Crippen LogP contribution in [0.2, 0.25) is 0 Å². The van der Waals surface area contributed by atoms with Crippen LogP contribution < -0.4 is 16.4 Å². The van der Waals surface area contributed by atoms with Gasteiger partial charge in [0.1, 0.15) is 11.6 Å². The minimum absolute atomic E-state index is 0.316. The number of aromatic nitrogens is 2. The van der Waals surface area contributed by atoms with E-state index < -0.39 is 0 Å². The molecule has 0 radical (unpaired) electrons. The largest absolute Gasteiger partial charge is 0.370 e. The molecule has 0 unspecified atom stereocenters. The number of hydrogen-bond donors (Lipinski definition) is 3. The Morgan fingerprint density at radius 3 is 2.58 bits per heavy atom. The van der Waals surface area contributed by atoms with Crippen LogP contribution in [0.4, 0.5) is 17.6 Å². The van der Waals surface area contributed by atoms with Gasteiger partial charge in [0.05, 0.1) is 0 Å². The van der Waals surface area contributed by atoms with Crippen molar-refractivity contribution in [1.82, 2.24) is 9.97 Å². The lowest BCUT2D eigenvalue weighted by Gasteiger charge is -2.11. The van der Waals surface area contributed by atoms with Crippen molar-refractivity contribution in [2.75, 3.05) is 29.5 Å². The molecule has 106 valence electrons. The Hall–Kier alpha value is -1.52. The van der Waals surface area contributed by atoms with Gasteiger partial charge in [-0.15, -0.1) is 0 Å². The van der Waals surface area contributed by atoms with Crippen molar-refractivity contribution >= 4 is 17.6 Å². The zero-order valence-electron chi connectivity index (χ0n) is 11.8. The lowest BCUT2D eigenvalue weighted by molar-refractivity contribution is 0.491. The first-order valence-corrected chi connectivity index (χ1v) is 7.40. The van der Waals surface area contributed by atoms with Crippen molar-refractivity contribution in [3.8, 4) is 0 Å². The fourth-order valence-electron chi connectivity index (χ4n) is 2.73. The molecule has 1 heterocycles. The third-order valence-corrected chi connectivity index (χ3v) is 3.67. The third-order valence-electron chi connectivity index (χ3n) is 3.67. The van der Waals surface area contributed by atoms with E-state index in [1.54, 1.807) is 0 Å². The molecule has 5 heteroatoms. The standard InChI is InChI=1S/C14H25N5/c1-2-16-12-10-13(19-14(15)18-12)17-9-5-8-11-6-3-4-7-11/h10-11H,2-9H2,1H3,(H4,15,16,17,18,19). The maximum absolute atomic E-state index is 5.69. The molecule has 0 spiro atoms. The average Bonchev–Trinajstić information content (AvgIpc) is 2.87. The molecule has 1 aromatic rings. The average molecular weight is 263 g/mol. The molecule has 1 aromatic heterocycles. The first-order valence-electron chi connectivity index (χ1n) is 7.40. The second-order valence-electron chi connectivity index (χ2n) is 5.25. The summed E-state index contributed by atoms with van der Waals surface area (Å²) in [5.74, 6) is 2.87. The zero-order valence-corrected chi connectivity index (χ0v) is 11.8. The van der Waals surface area contributed by atoms with Crippen molar-refractivity contribution in [2.24, 2.45) is 5.92 Å². The third kappa shape index (κ3) is 4.58. The summed E-state index contributed by atoms with van der Waals surface area (Å²) in [4.78, 5) is 8.33. The van der Waals surface area contributed by atoms with E-state index in [9.17, 15) is 0 Å². The number of nitrogens with zero attached hydrogens (tertiary/aromatic N) is 2.